The molecule has 0 aromatic carbocycles. The van der Waals surface area contributed by atoms with Crippen molar-refractivity contribution in [2.24, 2.45) is 0 Å². The summed E-state index contributed by atoms with van der Waals surface area (Å²) in [5, 5.41) is 10.9. The van der Waals surface area contributed by atoms with Crippen LogP contribution >= 0.6 is 11.6 Å². The molecule has 0 aliphatic rings. The molecule has 76 valence electrons. The van der Waals surface area contributed by atoms with Gasteiger partial charge in [-0.05, 0) is 0 Å². The number of ether oxygens (including phenoxy) is 1. The van der Waals surface area contributed by atoms with Gasteiger partial charge in [0.2, 0.25) is 0 Å². The van der Waals surface area contributed by atoms with E-state index in [4.69, 9.17) is 16.7 Å². The molecule has 6 nitrogen and oxygen atoms in total. The number of aliphatic hydroxyl groups excluding tert-OH is 1. The molecule has 0 fully saturated rings. The van der Waals surface area contributed by atoms with Gasteiger partial charge < -0.3 is 9.84 Å². The molecule has 1 heterocycles. The summed E-state index contributed by atoms with van der Waals surface area (Å²) in [6, 6.07) is 1.38. The minimum Gasteiger partial charge on any atom is -0.447 e. The summed E-state index contributed by atoms with van der Waals surface area (Å²) < 4.78 is 4.53. The molecule has 0 aliphatic heterocycles. The number of halogens is 1. The topological polar surface area (TPSA) is 84.3 Å². The highest BCUT2D eigenvalue weighted by atomic mass is 35.5. The molecular weight excluding hydrogens is 210 g/mol. The van der Waals surface area contributed by atoms with Crippen molar-refractivity contribution in [1.82, 2.24) is 9.97 Å². The van der Waals surface area contributed by atoms with Gasteiger partial charge in [0.05, 0.1) is 6.61 Å². The Bertz CT molecular complexity index is 321. The van der Waals surface area contributed by atoms with Crippen LogP contribution in [0.25, 0.3) is 0 Å². The van der Waals surface area contributed by atoms with Crippen molar-refractivity contribution in [1.29, 1.82) is 0 Å². The lowest BCUT2D eigenvalue weighted by Crippen LogP contribution is -2.16. The number of nitrogens with one attached hydrogen (secondary N) is 1. The maximum absolute atomic E-state index is 10.9. The Hall–Kier alpha value is -1.40. The Balaban J connectivity index is 2.47. The zero-order valence-corrected chi connectivity index (χ0v) is 7.86. The van der Waals surface area contributed by atoms with E-state index in [1.54, 1.807) is 0 Å². The molecule has 2 N–H and O–H groups in total. The van der Waals surface area contributed by atoms with Gasteiger partial charge in [-0.3, -0.25) is 5.32 Å². The first-order chi connectivity index (χ1) is 6.72. The molecule has 1 rings (SSSR count). The number of hydrogen-bond acceptors (Lipinski definition) is 5. The van der Waals surface area contributed by atoms with Gasteiger partial charge in [-0.2, -0.15) is 0 Å². The standard InChI is InChI=1S/C7H8ClN3O3/c8-5-3-6(10-4-9-5)11-7(13)14-2-1-12/h3-4,12H,1-2H2,(H,9,10,11,13). The first-order valence-corrected chi connectivity index (χ1v) is 4.12. The van der Waals surface area contributed by atoms with Gasteiger partial charge >= 0.3 is 6.09 Å². The minimum atomic E-state index is -0.700. The largest absolute Gasteiger partial charge is 0.447 e. The van der Waals surface area contributed by atoms with Crippen molar-refractivity contribution < 1.29 is 14.6 Å². The normalized spacial score (nSPS) is 9.57. The summed E-state index contributed by atoms with van der Waals surface area (Å²) in [5.41, 5.74) is 0. The SMILES string of the molecule is O=C(Nc1cc(Cl)ncn1)OCCO. The molecule has 0 unspecified atom stereocenters. The third kappa shape index (κ3) is 3.55. The molecule has 0 bridgehead atoms. The molecule has 0 spiro atoms. The van der Waals surface area contributed by atoms with Crippen LogP contribution in [0.5, 0.6) is 0 Å². The summed E-state index contributed by atoms with van der Waals surface area (Å²) in [7, 11) is 0. The fourth-order valence-corrected chi connectivity index (χ4v) is 0.828. The monoisotopic (exact) mass is 217 g/mol. The second-order valence-corrected chi connectivity index (χ2v) is 2.60. The van der Waals surface area contributed by atoms with Crippen LogP contribution in [0.2, 0.25) is 5.15 Å². The number of nitrogens with zero attached hydrogens (tertiary/aromatic N) is 2. The van der Waals surface area contributed by atoms with E-state index >= 15 is 0 Å². The van der Waals surface area contributed by atoms with Crippen molar-refractivity contribution in [2.45, 2.75) is 0 Å². The average molecular weight is 218 g/mol. The van der Waals surface area contributed by atoms with Gasteiger partial charge in [0.1, 0.15) is 23.9 Å². The van der Waals surface area contributed by atoms with Crippen molar-refractivity contribution in [2.75, 3.05) is 18.5 Å². The predicted molar refractivity (Wildman–Crippen MR) is 49.1 cm³/mol. The molecule has 1 aromatic heterocycles. The molecular formula is C7H8ClN3O3. The molecule has 0 aliphatic carbocycles. The van der Waals surface area contributed by atoms with Crippen LogP contribution in [0.1, 0.15) is 0 Å². The summed E-state index contributed by atoms with van der Waals surface area (Å²) >= 11 is 5.55. The fourth-order valence-electron chi connectivity index (χ4n) is 0.681. The lowest BCUT2D eigenvalue weighted by Gasteiger charge is -2.04. The fraction of sp³-hybridized carbons (Fsp3) is 0.286. The Labute approximate surface area is 84.9 Å². The molecule has 14 heavy (non-hydrogen) atoms. The molecule has 1 amide bonds. The number of carbonyl (C=O) groups is 1. The lowest BCUT2D eigenvalue weighted by atomic mass is 10.6. The number of aliphatic hydroxyl groups is 1. The molecule has 0 radical (unpaired) electrons. The zero-order chi connectivity index (χ0) is 10.4. The molecule has 1 aromatic rings. The number of carbonyl (C=O) groups excluding carboxylic acids is 1. The van der Waals surface area contributed by atoms with Crippen LogP contribution in [0.4, 0.5) is 10.6 Å². The molecule has 0 atom stereocenters. The highest BCUT2D eigenvalue weighted by Gasteiger charge is 2.03. The number of amides is 1. The second-order valence-electron chi connectivity index (χ2n) is 2.21. The average Bonchev–Trinajstić information content (AvgIpc) is 2.15. The summed E-state index contributed by atoms with van der Waals surface area (Å²) in [6.07, 6.45) is 0.512. The smallest absolute Gasteiger partial charge is 0.412 e. The predicted octanol–water partition coefficient (Wildman–Crippen LogP) is 0.671. The first-order valence-electron chi connectivity index (χ1n) is 3.74. The first kappa shape index (κ1) is 10.7. The number of anilines is 1. The van der Waals surface area contributed by atoms with Gasteiger partial charge in [-0.15, -0.1) is 0 Å². The van der Waals surface area contributed by atoms with Crippen LogP contribution in [-0.2, 0) is 4.74 Å². The van der Waals surface area contributed by atoms with E-state index in [9.17, 15) is 4.79 Å². The van der Waals surface area contributed by atoms with E-state index in [1.807, 2.05) is 0 Å². The Morgan fingerprint density at radius 2 is 2.43 bits per heavy atom. The quantitative estimate of drug-likeness (QED) is 0.727. The summed E-state index contributed by atoms with van der Waals surface area (Å²) in [4.78, 5) is 18.3. The van der Waals surface area contributed by atoms with Gasteiger partial charge in [-0.1, -0.05) is 11.6 Å². The minimum absolute atomic E-state index is 0.0648. The van der Waals surface area contributed by atoms with Crippen molar-refractivity contribution in [3.8, 4) is 0 Å². The second kappa shape index (κ2) is 5.36. The van der Waals surface area contributed by atoms with Crippen LogP contribution < -0.4 is 5.32 Å². The van der Waals surface area contributed by atoms with Gasteiger partial charge in [-0.25, -0.2) is 14.8 Å². The zero-order valence-electron chi connectivity index (χ0n) is 7.11. The van der Waals surface area contributed by atoms with Gasteiger partial charge in [0, 0.05) is 6.07 Å². The molecule has 0 saturated carbocycles. The summed E-state index contributed by atoms with van der Waals surface area (Å²) in [6.45, 7) is -0.289. The van der Waals surface area contributed by atoms with Crippen molar-refractivity contribution in [3.63, 3.8) is 0 Å². The summed E-state index contributed by atoms with van der Waals surface area (Å²) in [5.74, 6) is 0.243. The van der Waals surface area contributed by atoms with Gasteiger partial charge in [0.25, 0.3) is 0 Å². The van der Waals surface area contributed by atoms with E-state index in [0.29, 0.717) is 0 Å². The maximum Gasteiger partial charge on any atom is 0.412 e. The molecule has 0 saturated heterocycles. The van der Waals surface area contributed by atoms with Crippen molar-refractivity contribution >= 4 is 23.5 Å². The van der Waals surface area contributed by atoms with Crippen LogP contribution in [0, 0.1) is 0 Å². The third-order valence-electron chi connectivity index (χ3n) is 1.19. The highest BCUT2D eigenvalue weighted by molar-refractivity contribution is 6.29. The van der Waals surface area contributed by atoms with E-state index in [0.717, 1.165) is 0 Å². The number of rotatable bonds is 3. The Morgan fingerprint density at radius 3 is 3.07 bits per heavy atom. The van der Waals surface area contributed by atoms with E-state index in [-0.39, 0.29) is 24.2 Å². The third-order valence-corrected chi connectivity index (χ3v) is 1.39. The van der Waals surface area contributed by atoms with Gasteiger partial charge in [0.15, 0.2) is 0 Å². The lowest BCUT2D eigenvalue weighted by molar-refractivity contribution is 0.131. The number of hydrogen-bond donors (Lipinski definition) is 2. The number of aromatic nitrogens is 2. The van der Waals surface area contributed by atoms with Crippen LogP contribution in [0.3, 0.4) is 0 Å². The highest BCUT2D eigenvalue weighted by Crippen LogP contribution is 2.08. The van der Waals surface area contributed by atoms with Crippen LogP contribution in [0.15, 0.2) is 12.4 Å². The maximum atomic E-state index is 10.9. The van der Waals surface area contributed by atoms with E-state index in [2.05, 4.69) is 20.0 Å². The van der Waals surface area contributed by atoms with Crippen LogP contribution in [-0.4, -0.2) is 34.4 Å². The Kier molecular flexibility index (Phi) is 4.09. The van der Waals surface area contributed by atoms with E-state index in [1.165, 1.54) is 12.4 Å². The van der Waals surface area contributed by atoms with E-state index < -0.39 is 6.09 Å². The Morgan fingerprint density at radius 1 is 1.64 bits per heavy atom. The molecule has 7 heteroatoms. The van der Waals surface area contributed by atoms with Crippen molar-refractivity contribution in [3.05, 3.63) is 17.5 Å².